The Morgan fingerprint density at radius 3 is 1.70 bits per heavy atom. The van der Waals surface area contributed by atoms with Crippen LogP contribution in [-0.2, 0) is 5.72 Å². The van der Waals surface area contributed by atoms with E-state index < -0.39 is 11.8 Å². The Hall–Kier alpha value is -2.93. The van der Waals surface area contributed by atoms with Crippen LogP contribution < -0.4 is 9.80 Å². The lowest BCUT2D eigenvalue weighted by Crippen LogP contribution is -2.46. The van der Waals surface area contributed by atoms with Gasteiger partial charge in [0, 0.05) is 25.9 Å². The summed E-state index contributed by atoms with van der Waals surface area (Å²) in [7, 11) is 0. The minimum atomic E-state index is -1.65. The smallest absolute Gasteiger partial charge is 0.332 e. The van der Waals surface area contributed by atoms with Gasteiger partial charge in [0.25, 0.3) is 0 Å². The maximum atomic E-state index is 14.1. The van der Waals surface area contributed by atoms with Crippen LogP contribution in [0.1, 0.15) is 17.2 Å². The number of hydrogen-bond acceptors (Lipinski definition) is 2. The number of rotatable bonds is 4. The van der Waals surface area contributed by atoms with Gasteiger partial charge in [0.05, 0.1) is 0 Å². The Kier molecular flexibility index (Phi) is 5.83. The summed E-state index contributed by atoms with van der Waals surface area (Å²) < 4.78 is 1.81. The SMILES string of the molecule is O=C1N(c2ccc(Br)cc2)[C@@H](c2ccccc2)C(O)(c2ccccc2)N1c1ccc(Br)cc1. The first-order valence-electron chi connectivity index (χ1n) is 10.5. The maximum absolute atomic E-state index is 14.1. The van der Waals surface area contributed by atoms with Crippen molar-refractivity contribution in [3.05, 3.63) is 129 Å². The van der Waals surface area contributed by atoms with Crippen molar-refractivity contribution in [3.8, 4) is 0 Å². The van der Waals surface area contributed by atoms with E-state index >= 15 is 0 Å². The molecule has 4 aromatic carbocycles. The molecule has 0 bridgehead atoms. The Balaban J connectivity index is 1.79. The van der Waals surface area contributed by atoms with Crippen LogP contribution >= 0.6 is 31.9 Å². The second-order valence-electron chi connectivity index (χ2n) is 7.85. The van der Waals surface area contributed by atoms with E-state index in [9.17, 15) is 9.90 Å². The molecule has 33 heavy (non-hydrogen) atoms. The molecule has 4 aromatic rings. The first-order valence-corrected chi connectivity index (χ1v) is 12.1. The zero-order valence-corrected chi connectivity index (χ0v) is 20.6. The van der Waals surface area contributed by atoms with Crippen molar-refractivity contribution in [3.63, 3.8) is 0 Å². The lowest BCUT2D eigenvalue weighted by molar-refractivity contribution is 0.0312. The average Bonchev–Trinajstić information content (AvgIpc) is 3.09. The van der Waals surface area contributed by atoms with Crippen LogP contribution in [0.2, 0.25) is 0 Å². The largest absolute Gasteiger partial charge is 0.364 e. The topological polar surface area (TPSA) is 43.8 Å². The van der Waals surface area contributed by atoms with Crippen molar-refractivity contribution in [2.75, 3.05) is 9.80 Å². The lowest BCUT2D eigenvalue weighted by Gasteiger charge is -2.37. The van der Waals surface area contributed by atoms with E-state index in [-0.39, 0.29) is 6.03 Å². The fourth-order valence-electron chi connectivity index (χ4n) is 4.41. The van der Waals surface area contributed by atoms with Crippen LogP contribution in [0.25, 0.3) is 0 Å². The van der Waals surface area contributed by atoms with Gasteiger partial charge in [-0.15, -0.1) is 0 Å². The Morgan fingerprint density at radius 2 is 1.15 bits per heavy atom. The number of hydrogen-bond donors (Lipinski definition) is 1. The number of anilines is 2. The van der Waals surface area contributed by atoms with Gasteiger partial charge in [0.1, 0.15) is 6.04 Å². The molecule has 1 saturated heterocycles. The summed E-state index contributed by atoms with van der Waals surface area (Å²) in [6.07, 6.45) is 0. The second-order valence-corrected chi connectivity index (χ2v) is 9.68. The van der Waals surface area contributed by atoms with Gasteiger partial charge in [-0.2, -0.15) is 0 Å². The van der Waals surface area contributed by atoms with Crippen molar-refractivity contribution < 1.29 is 9.90 Å². The van der Waals surface area contributed by atoms with Gasteiger partial charge in [-0.25, -0.2) is 4.79 Å². The Morgan fingerprint density at radius 1 is 0.667 bits per heavy atom. The molecule has 2 amide bonds. The summed E-state index contributed by atoms with van der Waals surface area (Å²) in [4.78, 5) is 17.3. The third kappa shape index (κ3) is 3.78. The minimum Gasteiger partial charge on any atom is -0.364 e. The van der Waals surface area contributed by atoms with E-state index in [1.807, 2.05) is 109 Å². The first-order chi connectivity index (χ1) is 16.0. The van der Waals surface area contributed by atoms with Crippen molar-refractivity contribution in [2.45, 2.75) is 11.8 Å². The molecule has 1 heterocycles. The number of carbonyl (C=O) groups excluding carboxylic acids is 1. The minimum absolute atomic E-state index is 0.306. The van der Waals surface area contributed by atoms with Crippen LogP contribution in [0, 0.1) is 0 Å². The normalized spacial score (nSPS) is 20.3. The molecular formula is C27H20Br2N2O2. The molecule has 0 saturated carbocycles. The van der Waals surface area contributed by atoms with Gasteiger partial charge in [0.2, 0.25) is 0 Å². The number of halogens is 2. The molecule has 0 radical (unpaired) electrons. The lowest BCUT2D eigenvalue weighted by atomic mass is 9.88. The zero-order valence-electron chi connectivity index (χ0n) is 17.5. The number of aliphatic hydroxyl groups is 1. The van der Waals surface area contributed by atoms with E-state index in [1.54, 1.807) is 4.90 Å². The fraction of sp³-hybridized carbons (Fsp3) is 0.0741. The van der Waals surface area contributed by atoms with E-state index in [0.29, 0.717) is 16.9 Å². The zero-order chi connectivity index (χ0) is 23.0. The molecule has 0 aliphatic carbocycles. The summed E-state index contributed by atoms with van der Waals surface area (Å²) in [6, 6.07) is 33.0. The van der Waals surface area contributed by atoms with Gasteiger partial charge in [-0.3, -0.25) is 9.80 Å². The molecule has 1 aliphatic heterocycles. The molecule has 1 N–H and O–H groups in total. The summed E-state index contributed by atoms with van der Waals surface area (Å²) in [5.74, 6) is 0. The highest BCUT2D eigenvalue weighted by atomic mass is 79.9. The second kappa shape index (κ2) is 8.78. The molecule has 6 heteroatoms. The van der Waals surface area contributed by atoms with Crippen LogP contribution in [0.5, 0.6) is 0 Å². The standard InChI is InChI=1S/C27H20Br2N2O2/c28-21-11-15-23(16-12-21)30-25(19-7-3-1-4-8-19)27(33,20-9-5-2-6-10-20)31(26(30)32)24-17-13-22(29)14-18-24/h1-18,25,33H/t25-,27?/m0/s1. The predicted octanol–water partition coefficient (Wildman–Crippen LogP) is 7.24. The fourth-order valence-corrected chi connectivity index (χ4v) is 4.94. The summed E-state index contributed by atoms with van der Waals surface area (Å²) in [6.45, 7) is 0. The van der Waals surface area contributed by atoms with Crippen molar-refractivity contribution in [1.29, 1.82) is 0 Å². The van der Waals surface area contributed by atoms with Crippen LogP contribution in [0.15, 0.2) is 118 Å². The Labute approximate surface area is 209 Å². The molecule has 1 fully saturated rings. The average molecular weight is 564 g/mol. The molecular weight excluding hydrogens is 544 g/mol. The summed E-state index contributed by atoms with van der Waals surface area (Å²) >= 11 is 6.94. The van der Waals surface area contributed by atoms with E-state index in [2.05, 4.69) is 31.9 Å². The van der Waals surface area contributed by atoms with Crippen molar-refractivity contribution in [1.82, 2.24) is 0 Å². The highest BCUT2D eigenvalue weighted by Gasteiger charge is 2.59. The monoisotopic (exact) mass is 562 g/mol. The molecule has 0 spiro atoms. The van der Waals surface area contributed by atoms with Crippen LogP contribution in [-0.4, -0.2) is 11.1 Å². The number of nitrogens with zero attached hydrogens (tertiary/aromatic N) is 2. The number of carbonyl (C=O) groups is 1. The molecule has 2 atom stereocenters. The van der Waals surface area contributed by atoms with E-state index in [1.165, 1.54) is 4.90 Å². The summed E-state index contributed by atoms with van der Waals surface area (Å²) in [5.41, 5.74) is 1.12. The van der Waals surface area contributed by atoms with Crippen LogP contribution in [0.4, 0.5) is 16.2 Å². The third-order valence-electron chi connectivity index (χ3n) is 5.88. The molecule has 1 aliphatic rings. The van der Waals surface area contributed by atoms with Gasteiger partial charge in [-0.05, 0) is 54.1 Å². The molecule has 164 valence electrons. The molecule has 1 unspecified atom stereocenters. The molecule has 5 rings (SSSR count). The van der Waals surface area contributed by atoms with Gasteiger partial charge in [0.15, 0.2) is 5.72 Å². The Bertz CT molecular complexity index is 1270. The van der Waals surface area contributed by atoms with Crippen molar-refractivity contribution >= 4 is 49.3 Å². The molecule has 4 nitrogen and oxygen atoms in total. The maximum Gasteiger partial charge on any atom is 0.332 e. The number of benzene rings is 4. The van der Waals surface area contributed by atoms with Gasteiger partial charge in [-0.1, -0.05) is 92.5 Å². The highest BCUT2D eigenvalue weighted by molar-refractivity contribution is 9.10. The van der Waals surface area contributed by atoms with Gasteiger partial charge < -0.3 is 5.11 Å². The van der Waals surface area contributed by atoms with Gasteiger partial charge >= 0.3 is 6.03 Å². The quantitative estimate of drug-likeness (QED) is 0.284. The molecule has 0 aromatic heterocycles. The number of amides is 2. The highest BCUT2D eigenvalue weighted by Crippen LogP contribution is 2.51. The number of urea groups is 1. The van der Waals surface area contributed by atoms with E-state index in [0.717, 1.165) is 14.5 Å². The third-order valence-corrected chi connectivity index (χ3v) is 6.94. The predicted molar refractivity (Wildman–Crippen MR) is 138 cm³/mol. The first kappa shape index (κ1) is 21.9. The van der Waals surface area contributed by atoms with Crippen molar-refractivity contribution in [2.24, 2.45) is 0 Å². The van der Waals surface area contributed by atoms with E-state index in [4.69, 9.17) is 0 Å². The summed E-state index contributed by atoms with van der Waals surface area (Å²) in [5, 5.41) is 12.6. The van der Waals surface area contributed by atoms with Crippen LogP contribution in [0.3, 0.4) is 0 Å².